The molecule has 0 fully saturated rings. The molecule has 2 rings (SSSR count). The van der Waals surface area contributed by atoms with Gasteiger partial charge < -0.3 is 20.4 Å². The fourth-order valence-electron chi connectivity index (χ4n) is 1.51. The first-order valence-electron chi connectivity index (χ1n) is 5.36. The number of aliphatic hydroxyl groups excluding tert-OH is 4. The maximum Gasteiger partial charge on any atom is 0.178 e. The van der Waals surface area contributed by atoms with Crippen molar-refractivity contribution in [3.8, 4) is 0 Å². The van der Waals surface area contributed by atoms with Crippen LogP contribution in [-0.4, -0.2) is 54.2 Å². The average Bonchev–Trinajstić information content (AvgIpc) is 2.44. The van der Waals surface area contributed by atoms with E-state index >= 15 is 0 Å². The molecule has 0 aliphatic rings. The van der Waals surface area contributed by atoms with Crippen molar-refractivity contribution in [3.05, 3.63) is 30.2 Å². The lowest BCUT2D eigenvalue weighted by Crippen LogP contribution is -2.35. The van der Waals surface area contributed by atoms with E-state index in [1.807, 2.05) is 0 Å². The third kappa shape index (κ3) is 2.44. The maximum atomic E-state index is 9.81. The van der Waals surface area contributed by atoms with Gasteiger partial charge >= 0.3 is 0 Å². The summed E-state index contributed by atoms with van der Waals surface area (Å²) in [4.78, 5) is 12.0. The van der Waals surface area contributed by atoms with E-state index in [2.05, 4.69) is 15.0 Å². The lowest BCUT2D eigenvalue weighted by molar-refractivity contribution is -0.0789. The fourth-order valence-corrected chi connectivity index (χ4v) is 1.51. The first-order chi connectivity index (χ1) is 8.63. The number of aromatic nitrogens is 3. The van der Waals surface area contributed by atoms with Crippen LogP contribution in [0.5, 0.6) is 0 Å². The Labute approximate surface area is 102 Å². The predicted octanol–water partition coefficient (Wildman–Crippen LogP) is -1.23. The molecule has 0 aliphatic carbocycles. The average molecular weight is 251 g/mol. The van der Waals surface area contributed by atoms with Crippen LogP contribution in [0.3, 0.4) is 0 Å². The number of hydrogen-bond acceptors (Lipinski definition) is 7. The van der Waals surface area contributed by atoms with Crippen LogP contribution < -0.4 is 0 Å². The van der Waals surface area contributed by atoms with Gasteiger partial charge in [0.1, 0.15) is 23.8 Å². The number of aliphatic hydroxyl groups is 4. The molecule has 7 heteroatoms. The molecule has 0 bridgehead atoms. The fraction of sp³-hybridized carbons (Fsp3) is 0.364. The zero-order valence-corrected chi connectivity index (χ0v) is 9.38. The molecule has 0 saturated carbocycles. The highest BCUT2D eigenvalue weighted by atomic mass is 16.4. The molecule has 2 aromatic heterocycles. The van der Waals surface area contributed by atoms with E-state index in [4.69, 9.17) is 5.11 Å². The van der Waals surface area contributed by atoms with Crippen molar-refractivity contribution < 1.29 is 20.4 Å². The van der Waals surface area contributed by atoms with Crippen LogP contribution in [0.1, 0.15) is 11.8 Å². The second-order valence-electron chi connectivity index (χ2n) is 3.83. The van der Waals surface area contributed by atoms with Crippen LogP contribution in [-0.2, 0) is 0 Å². The van der Waals surface area contributed by atoms with Gasteiger partial charge in [0.15, 0.2) is 5.65 Å². The van der Waals surface area contributed by atoms with Gasteiger partial charge in [-0.05, 0) is 12.1 Å². The van der Waals surface area contributed by atoms with E-state index < -0.39 is 24.9 Å². The smallest absolute Gasteiger partial charge is 0.178 e. The summed E-state index contributed by atoms with van der Waals surface area (Å²) in [6.45, 7) is -0.652. The quantitative estimate of drug-likeness (QED) is 0.537. The molecule has 0 radical (unpaired) electrons. The molecule has 0 aliphatic heterocycles. The van der Waals surface area contributed by atoms with Gasteiger partial charge in [-0.25, -0.2) is 15.0 Å². The minimum absolute atomic E-state index is 0.107. The van der Waals surface area contributed by atoms with E-state index in [-0.39, 0.29) is 5.69 Å². The standard InChI is InChI=1S/C11H13N3O4/c15-5-8(16)10(18)9(17)7-4-13-11-6(14-7)2-1-3-12-11/h1-4,8-10,15-18H,5H2/t8-,9-,10-/m1/s1. The van der Waals surface area contributed by atoms with Crippen molar-refractivity contribution in [2.45, 2.75) is 18.3 Å². The van der Waals surface area contributed by atoms with Crippen molar-refractivity contribution in [2.24, 2.45) is 0 Å². The third-order valence-electron chi connectivity index (χ3n) is 2.54. The summed E-state index contributed by atoms with van der Waals surface area (Å²) in [6, 6.07) is 3.34. The highest BCUT2D eigenvalue weighted by Gasteiger charge is 2.26. The number of fused-ring (bicyclic) bond motifs is 1. The zero-order chi connectivity index (χ0) is 13.1. The maximum absolute atomic E-state index is 9.81. The van der Waals surface area contributed by atoms with Crippen molar-refractivity contribution in [3.63, 3.8) is 0 Å². The lowest BCUT2D eigenvalue weighted by Gasteiger charge is -2.20. The predicted molar refractivity (Wildman–Crippen MR) is 61.4 cm³/mol. The molecule has 0 amide bonds. The summed E-state index contributed by atoms with van der Waals surface area (Å²) < 4.78 is 0. The molecule has 2 aromatic rings. The Morgan fingerprint density at radius 1 is 1.17 bits per heavy atom. The molecule has 96 valence electrons. The minimum Gasteiger partial charge on any atom is -0.394 e. The second-order valence-corrected chi connectivity index (χ2v) is 3.83. The lowest BCUT2D eigenvalue weighted by atomic mass is 10.1. The number of hydrogen-bond donors (Lipinski definition) is 4. The summed E-state index contributed by atoms with van der Waals surface area (Å²) in [5.74, 6) is 0. The summed E-state index contributed by atoms with van der Waals surface area (Å²) in [7, 11) is 0. The number of pyridine rings is 1. The third-order valence-corrected chi connectivity index (χ3v) is 2.54. The molecule has 18 heavy (non-hydrogen) atoms. The number of rotatable bonds is 4. The molecule has 0 saturated heterocycles. The van der Waals surface area contributed by atoms with Crippen molar-refractivity contribution >= 4 is 11.2 Å². The van der Waals surface area contributed by atoms with Gasteiger partial charge in [-0.15, -0.1) is 0 Å². The minimum atomic E-state index is -1.53. The Kier molecular flexibility index (Phi) is 3.78. The number of nitrogens with zero attached hydrogens (tertiary/aromatic N) is 3. The van der Waals surface area contributed by atoms with E-state index in [1.54, 1.807) is 18.3 Å². The SMILES string of the molecule is OC[C@@H](O)[C@@H](O)[C@H](O)c1cnc2ncccc2n1. The first kappa shape index (κ1) is 12.8. The Hall–Kier alpha value is -1.67. The Morgan fingerprint density at radius 3 is 2.67 bits per heavy atom. The normalized spacial score (nSPS) is 16.4. The molecule has 0 spiro atoms. The van der Waals surface area contributed by atoms with Gasteiger partial charge in [-0.3, -0.25) is 0 Å². The monoisotopic (exact) mass is 251 g/mol. The first-order valence-corrected chi connectivity index (χ1v) is 5.36. The molecule has 0 aromatic carbocycles. The van der Waals surface area contributed by atoms with Crippen LogP contribution in [0.15, 0.2) is 24.5 Å². The highest BCUT2D eigenvalue weighted by Crippen LogP contribution is 2.18. The summed E-state index contributed by atoms with van der Waals surface area (Å²) in [5.41, 5.74) is 1.00. The second kappa shape index (κ2) is 5.32. The molecule has 0 unspecified atom stereocenters. The molecule has 2 heterocycles. The van der Waals surface area contributed by atoms with Crippen LogP contribution >= 0.6 is 0 Å². The van der Waals surface area contributed by atoms with Crippen molar-refractivity contribution in [1.29, 1.82) is 0 Å². The van der Waals surface area contributed by atoms with E-state index in [9.17, 15) is 15.3 Å². The van der Waals surface area contributed by atoms with Gasteiger partial charge in [0.05, 0.1) is 18.5 Å². The Bertz CT molecular complexity index is 536. The molecule has 7 nitrogen and oxygen atoms in total. The van der Waals surface area contributed by atoms with Crippen LogP contribution in [0, 0.1) is 0 Å². The molecule has 3 atom stereocenters. The van der Waals surface area contributed by atoms with Crippen LogP contribution in [0.4, 0.5) is 0 Å². The van der Waals surface area contributed by atoms with Gasteiger partial charge in [0.2, 0.25) is 0 Å². The Morgan fingerprint density at radius 2 is 1.94 bits per heavy atom. The zero-order valence-electron chi connectivity index (χ0n) is 9.38. The Balaban J connectivity index is 2.30. The summed E-state index contributed by atoms with van der Waals surface area (Å²) >= 11 is 0. The van der Waals surface area contributed by atoms with E-state index in [0.29, 0.717) is 11.2 Å². The highest BCUT2D eigenvalue weighted by molar-refractivity contribution is 5.68. The summed E-state index contributed by atoms with van der Waals surface area (Å²) in [5, 5.41) is 37.3. The van der Waals surface area contributed by atoms with Crippen LogP contribution in [0.2, 0.25) is 0 Å². The summed E-state index contributed by atoms with van der Waals surface area (Å²) in [6.07, 6.45) is -1.56. The van der Waals surface area contributed by atoms with Gasteiger partial charge in [0.25, 0.3) is 0 Å². The molecular weight excluding hydrogens is 238 g/mol. The largest absolute Gasteiger partial charge is 0.394 e. The van der Waals surface area contributed by atoms with Gasteiger partial charge in [-0.2, -0.15) is 0 Å². The van der Waals surface area contributed by atoms with Crippen molar-refractivity contribution in [2.75, 3.05) is 6.61 Å². The van der Waals surface area contributed by atoms with E-state index in [0.717, 1.165) is 0 Å². The topological polar surface area (TPSA) is 120 Å². The van der Waals surface area contributed by atoms with E-state index in [1.165, 1.54) is 6.20 Å². The van der Waals surface area contributed by atoms with Crippen molar-refractivity contribution in [1.82, 2.24) is 15.0 Å². The van der Waals surface area contributed by atoms with Gasteiger partial charge in [0, 0.05) is 6.20 Å². The van der Waals surface area contributed by atoms with Gasteiger partial charge in [-0.1, -0.05) is 0 Å². The molecule has 4 N–H and O–H groups in total. The van der Waals surface area contributed by atoms with Crippen LogP contribution in [0.25, 0.3) is 11.2 Å². The molecular formula is C11H13N3O4.